The first-order valence-electron chi connectivity index (χ1n) is 7.88. The first-order valence-corrected chi connectivity index (χ1v) is 9.36. The minimum Gasteiger partial charge on any atom is -0.280 e. The molecule has 0 aromatic heterocycles. The van der Waals surface area contributed by atoms with E-state index in [1.165, 1.54) is 0 Å². The van der Waals surface area contributed by atoms with Crippen molar-refractivity contribution in [3.05, 3.63) is 72.3 Å². The molecule has 0 amide bonds. The zero-order chi connectivity index (χ0) is 17.4. The highest BCUT2D eigenvalue weighted by Gasteiger charge is 2.16. The van der Waals surface area contributed by atoms with Gasteiger partial charge in [0.1, 0.15) is 0 Å². The van der Waals surface area contributed by atoms with Crippen LogP contribution in [0.2, 0.25) is 0 Å². The third-order valence-electron chi connectivity index (χ3n) is 4.03. The van der Waals surface area contributed by atoms with Crippen molar-refractivity contribution in [3.8, 4) is 0 Å². The van der Waals surface area contributed by atoms with Crippen molar-refractivity contribution in [1.82, 2.24) is 0 Å². The Morgan fingerprint density at radius 2 is 1.42 bits per heavy atom. The maximum atomic E-state index is 12.6. The van der Waals surface area contributed by atoms with E-state index in [0.717, 1.165) is 16.3 Å². The molecule has 0 aliphatic heterocycles. The molecule has 24 heavy (non-hydrogen) atoms. The molecule has 0 unspecified atom stereocenters. The number of anilines is 1. The van der Waals surface area contributed by atoms with Gasteiger partial charge in [-0.15, -0.1) is 0 Å². The highest BCUT2D eigenvalue weighted by Crippen LogP contribution is 2.25. The molecule has 3 rings (SSSR count). The molecule has 0 fully saturated rings. The molecule has 0 aliphatic carbocycles. The fraction of sp³-hybridized carbons (Fsp3) is 0.200. The van der Waals surface area contributed by atoms with Crippen LogP contribution in [0.5, 0.6) is 0 Å². The first-order chi connectivity index (χ1) is 11.3. The SMILES string of the molecule is CC(C)(C)c1ccc(NS(=O)(=O)c2ccc3ccccc3c2)cc1. The third kappa shape index (κ3) is 3.44. The summed E-state index contributed by atoms with van der Waals surface area (Å²) in [4.78, 5) is 0.265. The quantitative estimate of drug-likeness (QED) is 0.735. The predicted molar refractivity (Wildman–Crippen MR) is 99.9 cm³/mol. The summed E-state index contributed by atoms with van der Waals surface area (Å²) < 4.78 is 27.9. The summed E-state index contributed by atoms with van der Waals surface area (Å²) in [7, 11) is -3.60. The van der Waals surface area contributed by atoms with Crippen molar-refractivity contribution in [2.75, 3.05) is 4.72 Å². The number of hydrogen-bond acceptors (Lipinski definition) is 2. The Labute approximate surface area is 143 Å². The highest BCUT2D eigenvalue weighted by atomic mass is 32.2. The Morgan fingerprint density at radius 1 is 0.792 bits per heavy atom. The van der Waals surface area contributed by atoms with Gasteiger partial charge in [-0.2, -0.15) is 0 Å². The number of rotatable bonds is 3. The van der Waals surface area contributed by atoms with Crippen LogP contribution >= 0.6 is 0 Å². The summed E-state index contributed by atoms with van der Waals surface area (Å²) in [6.07, 6.45) is 0. The molecule has 1 N–H and O–H groups in total. The summed E-state index contributed by atoms with van der Waals surface area (Å²) in [5.41, 5.74) is 1.77. The Kier molecular flexibility index (Phi) is 4.10. The van der Waals surface area contributed by atoms with E-state index in [2.05, 4.69) is 25.5 Å². The molecule has 3 aromatic rings. The van der Waals surface area contributed by atoms with Crippen LogP contribution in [0.1, 0.15) is 26.3 Å². The lowest BCUT2D eigenvalue weighted by atomic mass is 9.87. The summed E-state index contributed by atoms with van der Waals surface area (Å²) >= 11 is 0. The molecule has 124 valence electrons. The average Bonchev–Trinajstić information content (AvgIpc) is 2.53. The highest BCUT2D eigenvalue weighted by molar-refractivity contribution is 7.92. The van der Waals surface area contributed by atoms with E-state index < -0.39 is 10.0 Å². The maximum absolute atomic E-state index is 12.6. The minimum atomic E-state index is -3.60. The van der Waals surface area contributed by atoms with E-state index >= 15 is 0 Å². The van der Waals surface area contributed by atoms with Crippen LogP contribution in [0.15, 0.2) is 71.6 Å². The first kappa shape index (κ1) is 16.5. The second-order valence-corrected chi connectivity index (χ2v) is 8.62. The minimum absolute atomic E-state index is 0.0375. The van der Waals surface area contributed by atoms with Crippen LogP contribution in [0.25, 0.3) is 10.8 Å². The number of sulfonamides is 1. The number of hydrogen-bond donors (Lipinski definition) is 1. The van der Waals surface area contributed by atoms with Gasteiger partial charge in [-0.1, -0.05) is 63.2 Å². The predicted octanol–water partition coefficient (Wildman–Crippen LogP) is 4.94. The molecule has 0 atom stereocenters. The monoisotopic (exact) mass is 339 g/mol. The van der Waals surface area contributed by atoms with Crippen molar-refractivity contribution in [1.29, 1.82) is 0 Å². The van der Waals surface area contributed by atoms with Crippen LogP contribution < -0.4 is 4.72 Å². The van der Waals surface area contributed by atoms with Crippen molar-refractivity contribution < 1.29 is 8.42 Å². The number of fused-ring (bicyclic) bond motifs is 1. The van der Waals surface area contributed by atoms with Crippen LogP contribution in [0.4, 0.5) is 5.69 Å². The topological polar surface area (TPSA) is 46.2 Å². The summed E-state index contributed by atoms with van der Waals surface area (Å²) in [5.74, 6) is 0. The van der Waals surface area contributed by atoms with Gasteiger partial charge in [0, 0.05) is 5.69 Å². The van der Waals surface area contributed by atoms with Crippen LogP contribution in [0.3, 0.4) is 0 Å². The molecule has 4 heteroatoms. The molecule has 0 spiro atoms. The number of benzene rings is 3. The molecule has 0 heterocycles. The van der Waals surface area contributed by atoms with E-state index in [1.807, 2.05) is 42.5 Å². The maximum Gasteiger partial charge on any atom is 0.261 e. The lowest BCUT2D eigenvalue weighted by Crippen LogP contribution is -2.14. The van der Waals surface area contributed by atoms with Crippen LogP contribution in [0, 0.1) is 0 Å². The van der Waals surface area contributed by atoms with Gasteiger partial charge < -0.3 is 0 Å². The van der Waals surface area contributed by atoms with E-state index in [9.17, 15) is 8.42 Å². The van der Waals surface area contributed by atoms with Crippen molar-refractivity contribution >= 4 is 26.5 Å². The number of nitrogens with one attached hydrogen (secondary N) is 1. The second kappa shape index (κ2) is 5.95. The van der Waals surface area contributed by atoms with E-state index in [1.54, 1.807) is 24.3 Å². The van der Waals surface area contributed by atoms with E-state index in [0.29, 0.717) is 5.69 Å². The van der Waals surface area contributed by atoms with Crippen molar-refractivity contribution in [2.45, 2.75) is 31.1 Å². The van der Waals surface area contributed by atoms with E-state index in [4.69, 9.17) is 0 Å². The summed E-state index contributed by atoms with van der Waals surface area (Å²) in [6.45, 7) is 6.38. The average molecular weight is 339 g/mol. The largest absolute Gasteiger partial charge is 0.280 e. The van der Waals surface area contributed by atoms with Crippen LogP contribution in [-0.2, 0) is 15.4 Å². The van der Waals surface area contributed by atoms with Gasteiger partial charge in [0.25, 0.3) is 10.0 Å². The molecule has 0 aliphatic rings. The lowest BCUT2D eigenvalue weighted by molar-refractivity contribution is 0.590. The smallest absolute Gasteiger partial charge is 0.261 e. The van der Waals surface area contributed by atoms with Crippen molar-refractivity contribution in [2.24, 2.45) is 0 Å². The molecule has 0 radical (unpaired) electrons. The zero-order valence-electron chi connectivity index (χ0n) is 14.1. The lowest BCUT2D eigenvalue weighted by Gasteiger charge is -2.19. The van der Waals surface area contributed by atoms with Gasteiger partial charge in [-0.25, -0.2) is 8.42 Å². The Balaban J connectivity index is 1.89. The molecule has 0 saturated carbocycles. The second-order valence-electron chi connectivity index (χ2n) is 6.94. The zero-order valence-corrected chi connectivity index (χ0v) is 14.9. The van der Waals surface area contributed by atoms with Gasteiger partial charge in [-0.05, 0) is 46.0 Å². The Bertz CT molecular complexity index is 968. The summed E-state index contributed by atoms with van der Waals surface area (Å²) in [6, 6.07) is 20.4. The van der Waals surface area contributed by atoms with Gasteiger partial charge in [0.2, 0.25) is 0 Å². The van der Waals surface area contributed by atoms with Gasteiger partial charge in [0.05, 0.1) is 4.90 Å². The molecular formula is C20H21NO2S. The van der Waals surface area contributed by atoms with E-state index in [-0.39, 0.29) is 10.3 Å². The van der Waals surface area contributed by atoms with Gasteiger partial charge in [0.15, 0.2) is 0 Å². The van der Waals surface area contributed by atoms with Crippen LogP contribution in [-0.4, -0.2) is 8.42 Å². The standard InChI is InChI=1S/C20H21NO2S/c1-20(2,3)17-9-11-18(12-10-17)21-24(22,23)19-13-8-15-6-4-5-7-16(15)14-19/h4-14,21H,1-3H3. The Hall–Kier alpha value is -2.33. The van der Waals surface area contributed by atoms with Gasteiger partial charge in [-0.3, -0.25) is 4.72 Å². The molecule has 0 bridgehead atoms. The fourth-order valence-corrected chi connectivity index (χ4v) is 3.68. The normalized spacial score (nSPS) is 12.3. The summed E-state index contributed by atoms with van der Waals surface area (Å²) in [5, 5.41) is 1.93. The fourth-order valence-electron chi connectivity index (χ4n) is 2.59. The molecule has 0 saturated heterocycles. The third-order valence-corrected chi connectivity index (χ3v) is 5.41. The molecule has 3 aromatic carbocycles. The molecule has 3 nitrogen and oxygen atoms in total. The van der Waals surface area contributed by atoms with Gasteiger partial charge >= 0.3 is 0 Å². The Morgan fingerprint density at radius 3 is 2.04 bits per heavy atom. The molecular weight excluding hydrogens is 318 g/mol. The van der Waals surface area contributed by atoms with Crippen molar-refractivity contribution in [3.63, 3.8) is 0 Å².